The van der Waals surface area contributed by atoms with Crippen LogP contribution < -0.4 is 11.0 Å². The summed E-state index contributed by atoms with van der Waals surface area (Å²) in [4.78, 5) is 14.0. The van der Waals surface area contributed by atoms with Crippen molar-refractivity contribution in [3.05, 3.63) is 37.3 Å². The van der Waals surface area contributed by atoms with E-state index in [1.54, 1.807) is 0 Å². The fraction of sp³-hybridized carbons (Fsp3) is 0. The Hall–Kier alpha value is -0.950. The molecular formula is C6H4Cl3N3O3. The highest BCUT2D eigenvalue weighted by molar-refractivity contribution is 6.49. The first-order chi connectivity index (χ1) is 6.93. The average molecular weight is 272 g/mol. The fourth-order valence-corrected chi connectivity index (χ4v) is 1.42. The SMILES string of the molecule is NN(O[N+](=O)[O-])c1ccc(Cl)c(Cl)c1Cl. The lowest BCUT2D eigenvalue weighted by molar-refractivity contribution is -0.762. The van der Waals surface area contributed by atoms with Crippen molar-refractivity contribution >= 4 is 40.5 Å². The molecule has 0 amide bonds. The molecule has 2 N–H and O–H groups in total. The smallest absolute Gasteiger partial charge is 0.223 e. The summed E-state index contributed by atoms with van der Waals surface area (Å²) in [6.07, 6.45) is 0. The Kier molecular flexibility index (Phi) is 3.81. The van der Waals surface area contributed by atoms with Gasteiger partial charge >= 0.3 is 5.09 Å². The van der Waals surface area contributed by atoms with E-state index >= 15 is 0 Å². The summed E-state index contributed by atoms with van der Waals surface area (Å²) >= 11 is 17.1. The minimum Gasteiger partial charge on any atom is -0.223 e. The standard InChI is InChI=1S/C6H4Cl3N3O3/c7-3-1-2-4(6(9)5(3)8)11(10)15-12(13)14/h1-2H,10H2. The molecule has 0 fully saturated rings. The summed E-state index contributed by atoms with van der Waals surface area (Å²) in [5, 5.41) is 9.52. The van der Waals surface area contributed by atoms with Gasteiger partial charge < -0.3 is 0 Å². The minimum absolute atomic E-state index is 0.0303. The van der Waals surface area contributed by atoms with E-state index in [1.165, 1.54) is 12.1 Å². The molecule has 0 unspecified atom stereocenters. The number of benzene rings is 1. The van der Waals surface area contributed by atoms with Crippen LogP contribution in [0.15, 0.2) is 12.1 Å². The van der Waals surface area contributed by atoms with Gasteiger partial charge in [0.1, 0.15) is 5.69 Å². The second-order valence-corrected chi connectivity index (χ2v) is 3.49. The lowest BCUT2D eigenvalue weighted by Crippen LogP contribution is -2.33. The Bertz CT molecular complexity index is 401. The third-order valence-corrected chi connectivity index (χ3v) is 2.69. The number of hydrogen-bond acceptors (Lipinski definition) is 5. The molecule has 1 aromatic carbocycles. The van der Waals surface area contributed by atoms with Crippen LogP contribution in [0.1, 0.15) is 0 Å². The molecule has 82 valence electrons. The van der Waals surface area contributed by atoms with Gasteiger partial charge in [0.25, 0.3) is 0 Å². The largest absolute Gasteiger partial charge is 0.318 e. The number of nitrogens with zero attached hydrogens (tertiary/aromatic N) is 2. The van der Waals surface area contributed by atoms with Gasteiger partial charge in [-0.2, -0.15) is 4.94 Å². The molecule has 0 saturated heterocycles. The maximum Gasteiger partial charge on any atom is 0.318 e. The molecule has 0 bridgehead atoms. The first-order valence-electron chi connectivity index (χ1n) is 3.44. The number of hydrogen-bond donors (Lipinski definition) is 1. The van der Waals surface area contributed by atoms with Crippen molar-refractivity contribution in [3.63, 3.8) is 0 Å². The van der Waals surface area contributed by atoms with Crippen molar-refractivity contribution < 1.29 is 10.0 Å². The molecule has 0 saturated carbocycles. The molecular weight excluding hydrogens is 268 g/mol. The van der Waals surface area contributed by atoms with Gasteiger partial charge in [-0.15, -0.1) is 15.3 Å². The molecule has 0 spiro atoms. The van der Waals surface area contributed by atoms with Gasteiger partial charge in [-0.1, -0.05) is 34.8 Å². The van der Waals surface area contributed by atoms with E-state index < -0.39 is 5.09 Å². The van der Waals surface area contributed by atoms with Gasteiger partial charge in [-0.05, 0) is 12.1 Å². The van der Waals surface area contributed by atoms with Crippen molar-refractivity contribution in [2.75, 3.05) is 5.17 Å². The monoisotopic (exact) mass is 271 g/mol. The van der Waals surface area contributed by atoms with E-state index in [2.05, 4.69) is 4.94 Å². The summed E-state index contributed by atoms with van der Waals surface area (Å²) < 4.78 is 0. The summed E-state index contributed by atoms with van der Waals surface area (Å²) in [6.45, 7) is 0. The summed E-state index contributed by atoms with van der Waals surface area (Å²) in [6, 6.07) is 2.72. The van der Waals surface area contributed by atoms with E-state index in [9.17, 15) is 10.1 Å². The topological polar surface area (TPSA) is 81.6 Å². The highest BCUT2D eigenvalue weighted by Crippen LogP contribution is 2.36. The van der Waals surface area contributed by atoms with Gasteiger partial charge in [0.15, 0.2) is 0 Å². The van der Waals surface area contributed by atoms with Crippen LogP contribution in [0.2, 0.25) is 15.1 Å². The van der Waals surface area contributed by atoms with Crippen LogP contribution in [0.5, 0.6) is 0 Å². The normalized spacial score (nSPS) is 9.87. The third kappa shape index (κ3) is 2.75. The number of halogens is 3. The Labute approximate surface area is 99.1 Å². The van der Waals surface area contributed by atoms with E-state index in [0.29, 0.717) is 5.17 Å². The molecule has 0 aromatic heterocycles. The quantitative estimate of drug-likeness (QED) is 0.395. The maximum atomic E-state index is 10.0. The zero-order valence-electron chi connectivity index (χ0n) is 6.99. The third-order valence-electron chi connectivity index (χ3n) is 1.41. The molecule has 9 heteroatoms. The Morgan fingerprint density at radius 1 is 1.33 bits per heavy atom. The maximum absolute atomic E-state index is 10.0. The predicted molar refractivity (Wildman–Crippen MR) is 56.2 cm³/mol. The molecule has 0 aliphatic heterocycles. The molecule has 0 heterocycles. The lowest BCUT2D eigenvalue weighted by Gasteiger charge is -2.16. The Morgan fingerprint density at radius 2 is 1.93 bits per heavy atom. The molecule has 1 aromatic rings. The van der Waals surface area contributed by atoms with Crippen LogP contribution in [-0.2, 0) is 4.94 Å². The zero-order chi connectivity index (χ0) is 11.6. The highest BCUT2D eigenvalue weighted by Gasteiger charge is 2.15. The number of hydrazine groups is 1. The van der Waals surface area contributed by atoms with E-state index in [-0.39, 0.29) is 20.8 Å². The van der Waals surface area contributed by atoms with Gasteiger partial charge in [-0.3, -0.25) is 0 Å². The summed E-state index contributed by atoms with van der Waals surface area (Å²) in [5.74, 6) is 5.20. The average Bonchev–Trinajstić information content (AvgIpc) is 2.13. The first-order valence-corrected chi connectivity index (χ1v) is 4.57. The van der Waals surface area contributed by atoms with Gasteiger partial charge in [0, 0.05) is 0 Å². The molecule has 0 atom stereocenters. The van der Waals surface area contributed by atoms with Crippen molar-refractivity contribution in [2.24, 2.45) is 5.84 Å². The molecule has 15 heavy (non-hydrogen) atoms. The van der Waals surface area contributed by atoms with Crippen molar-refractivity contribution in [1.29, 1.82) is 0 Å². The van der Waals surface area contributed by atoms with Crippen LogP contribution in [0.25, 0.3) is 0 Å². The van der Waals surface area contributed by atoms with Crippen molar-refractivity contribution in [1.82, 2.24) is 0 Å². The fourth-order valence-electron chi connectivity index (χ4n) is 0.802. The predicted octanol–water partition coefficient (Wildman–Crippen LogP) is 2.45. The lowest BCUT2D eigenvalue weighted by atomic mass is 10.3. The van der Waals surface area contributed by atoms with Crippen LogP contribution in [0, 0.1) is 10.1 Å². The summed E-state index contributed by atoms with van der Waals surface area (Å²) in [7, 11) is 0. The van der Waals surface area contributed by atoms with E-state index in [1.807, 2.05) is 0 Å². The van der Waals surface area contributed by atoms with Gasteiger partial charge in [-0.25, -0.2) is 5.84 Å². The Morgan fingerprint density at radius 3 is 2.47 bits per heavy atom. The number of nitrogens with two attached hydrogens (primary N) is 1. The molecule has 1 rings (SSSR count). The van der Waals surface area contributed by atoms with Crippen LogP contribution >= 0.6 is 34.8 Å². The first kappa shape index (κ1) is 12.1. The molecule has 0 radical (unpaired) electrons. The zero-order valence-corrected chi connectivity index (χ0v) is 9.25. The number of rotatable bonds is 3. The van der Waals surface area contributed by atoms with Crippen LogP contribution in [0.3, 0.4) is 0 Å². The second-order valence-electron chi connectivity index (χ2n) is 2.33. The summed E-state index contributed by atoms with van der Waals surface area (Å²) in [5.41, 5.74) is 0.0303. The molecule has 6 nitrogen and oxygen atoms in total. The molecule has 0 aliphatic rings. The van der Waals surface area contributed by atoms with Crippen molar-refractivity contribution in [2.45, 2.75) is 0 Å². The molecule has 0 aliphatic carbocycles. The minimum atomic E-state index is -1.08. The highest BCUT2D eigenvalue weighted by atomic mass is 35.5. The van der Waals surface area contributed by atoms with E-state index in [0.717, 1.165) is 0 Å². The van der Waals surface area contributed by atoms with Gasteiger partial charge in [0.05, 0.1) is 15.1 Å². The van der Waals surface area contributed by atoms with Crippen LogP contribution in [0.4, 0.5) is 5.69 Å². The van der Waals surface area contributed by atoms with E-state index in [4.69, 9.17) is 40.6 Å². The second kappa shape index (κ2) is 4.71. The van der Waals surface area contributed by atoms with Gasteiger partial charge in [0.2, 0.25) is 0 Å². The number of anilines is 1. The Balaban J connectivity index is 3.05. The van der Waals surface area contributed by atoms with Crippen LogP contribution in [-0.4, -0.2) is 5.09 Å². The van der Waals surface area contributed by atoms with Crippen molar-refractivity contribution in [3.8, 4) is 0 Å².